The highest BCUT2D eigenvalue weighted by atomic mass is 16.4. The molecule has 124 valence electrons. The first-order valence-corrected chi connectivity index (χ1v) is 8.61. The van der Waals surface area contributed by atoms with Gasteiger partial charge >= 0.3 is 5.97 Å². The van der Waals surface area contributed by atoms with Crippen LogP contribution >= 0.6 is 0 Å². The van der Waals surface area contributed by atoms with Crippen LogP contribution in [0.4, 0.5) is 0 Å². The second-order valence-electron chi connectivity index (χ2n) is 6.18. The predicted molar refractivity (Wildman–Crippen MR) is 90.7 cm³/mol. The van der Waals surface area contributed by atoms with E-state index in [1.54, 1.807) is 0 Å². The van der Waals surface area contributed by atoms with Gasteiger partial charge < -0.3 is 10.0 Å². The van der Waals surface area contributed by atoms with E-state index in [2.05, 4.69) is 32.8 Å². The van der Waals surface area contributed by atoms with Crippen LogP contribution in [-0.4, -0.2) is 36.1 Å². The first-order valence-electron chi connectivity index (χ1n) is 8.61. The zero-order chi connectivity index (χ0) is 16.1. The van der Waals surface area contributed by atoms with Crippen molar-refractivity contribution in [2.75, 3.05) is 14.1 Å². The average Bonchev–Trinajstić information content (AvgIpc) is 2.44. The highest BCUT2D eigenvalue weighted by Crippen LogP contribution is 2.16. The summed E-state index contributed by atoms with van der Waals surface area (Å²) < 4.78 is 0. The van der Waals surface area contributed by atoms with Crippen LogP contribution in [-0.2, 0) is 4.79 Å². The van der Waals surface area contributed by atoms with Crippen molar-refractivity contribution in [1.82, 2.24) is 4.90 Å². The van der Waals surface area contributed by atoms with Crippen LogP contribution in [0, 0.1) is 0 Å². The molecule has 0 saturated heterocycles. The van der Waals surface area contributed by atoms with Gasteiger partial charge in [0.05, 0.1) is 0 Å². The summed E-state index contributed by atoms with van der Waals surface area (Å²) in [6, 6.07) is 0.566. The standard InChI is InChI=1S/C18H35NO2/c1-5-7-9-10-12-16(18(20)21)13-11-15-17(19(3)4)14-8-6-2/h13,17H,5-12,14-15H2,1-4H3,(H,20,21)/b16-13+. The first kappa shape index (κ1) is 20.2. The molecule has 0 fully saturated rings. The third-order valence-corrected chi connectivity index (χ3v) is 4.09. The van der Waals surface area contributed by atoms with Crippen molar-refractivity contribution in [1.29, 1.82) is 0 Å². The van der Waals surface area contributed by atoms with Gasteiger partial charge in [0.25, 0.3) is 0 Å². The molecule has 0 radical (unpaired) electrons. The van der Waals surface area contributed by atoms with Gasteiger partial charge in [-0.1, -0.05) is 52.0 Å². The molecule has 21 heavy (non-hydrogen) atoms. The highest BCUT2D eigenvalue weighted by Gasteiger charge is 2.11. The van der Waals surface area contributed by atoms with Crippen LogP contribution in [0.1, 0.15) is 78.1 Å². The zero-order valence-electron chi connectivity index (χ0n) is 14.5. The Morgan fingerprint density at radius 2 is 1.71 bits per heavy atom. The van der Waals surface area contributed by atoms with Crippen molar-refractivity contribution in [3.63, 3.8) is 0 Å². The summed E-state index contributed by atoms with van der Waals surface area (Å²) in [5.74, 6) is -0.735. The molecule has 0 saturated carbocycles. The summed E-state index contributed by atoms with van der Waals surface area (Å²) in [5.41, 5.74) is 0.610. The van der Waals surface area contributed by atoms with Gasteiger partial charge in [-0.25, -0.2) is 4.79 Å². The van der Waals surface area contributed by atoms with Crippen LogP contribution in [0.15, 0.2) is 11.6 Å². The van der Waals surface area contributed by atoms with Gasteiger partial charge in [-0.05, 0) is 46.2 Å². The molecule has 0 bridgehead atoms. The summed E-state index contributed by atoms with van der Waals surface area (Å²) >= 11 is 0. The average molecular weight is 297 g/mol. The van der Waals surface area contributed by atoms with Crippen molar-refractivity contribution in [3.05, 3.63) is 11.6 Å². The maximum Gasteiger partial charge on any atom is 0.331 e. The molecule has 0 aromatic rings. The Morgan fingerprint density at radius 1 is 1.05 bits per heavy atom. The van der Waals surface area contributed by atoms with E-state index in [0.717, 1.165) is 32.1 Å². The second kappa shape index (κ2) is 12.9. The molecule has 0 aromatic heterocycles. The second-order valence-corrected chi connectivity index (χ2v) is 6.18. The fourth-order valence-electron chi connectivity index (χ4n) is 2.59. The van der Waals surface area contributed by atoms with E-state index >= 15 is 0 Å². The Morgan fingerprint density at radius 3 is 2.24 bits per heavy atom. The largest absolute Gasteiger partial charge is 0.478 e. The molecular weight excluding hydrogens is 262 g/mol. The molecule has 0 aliphatic heterocycles. The fraction of sp³-hybridized carbons (Fsp3) is 0.833. The molecule has 0 aromatic carbocycles. The lowest BCUT2D eigenvalue weighted by Crippen LogP contribution is -2.27. The lowest BCUT2D eigenvalue weighted by molar-refractivity contribution is -0.132. The molecule has 0 aliphatic carbocycles. The molecule has 0 amide bonds. The number of hydrogen-bond acceptors (Lipinski definition) is 2. The van der Waals surface area contributed by atoms with Gasteiger partial charge in [-0.3, -0.25) is 0 Å². The molecule has 0 spiro atoms. The van der Waals surface area contributed by atoms with Gasteiger partial charge in [-0.2, -0.15) is 0 Å². The van der Waals surface area contributed by atoms with E-state index in [4.69, 9.17) is 0 Å². The number of unbranched alkanes of at least 4 members (excludes halogenated alkanes) is 4. The smallest absolute Gasteiger partial charge is 0.331 e. The Kier molecular flexibility index (Phi) is 12.4. The number of hydrogen-bond donors (Lipinski definition) is 1. The molecular formula is C18H35NO2. The van der Waals surface area contributed by atoms with Crippen LogP contribution in [0.25, 0.3) is 0 Å². The minimum atomic E-state index is -0.735. The van der Waals surface area contributed by atoms with Crippen molar-refractivity contribution < 1.29 is 9.90 Å². The fourth-order valence-corrected chi connectivity index (χ4v) is 2.59. The maximum absolute atomic E-state index is 11.3. The van der Waals surface area contributed by atoms with Gasteiger partial charge in [0.2, 0.25) is 0 Å². The number of carboxylic acids is 1. The van der Waals surface area contributed by atoms with Gasteiger partial charge in [0.1, 0.15) is 0 Å². The number of rotatable bonds is 13. The quantitative estimate of drug-likeness (QED) is 0.389. The minimum absolute atomic E-state index is 0.566. The van der Waals surface area contributed by atoms with Crippen LogP contribution < -0.4 is 0 Å². The van der Waals surface area contributed by atoms with Crippen molar-refractivity contribution >= 4 is 5.97 Å². The van der Waals surface area contributed by atoms with Crippen molar-refractivity contribution in [2.24, 2.45) is 0 Å². The number of allylic oxidation sites excluding steroid dienone is 1. The lowest BCUT2D eigenvalue weighted by Gasteiger charge is -2.23. The highest BCUT2D eigenvalue weighted by molar-refractivity contribution is 5.86. The normalized spacial score (nSPS) is 13.7. The van der Waals surface area contributed by atoms with Crippen molar-refractivity contribution in [2.45, 2.75) is 84.1 Å². The molecule has 1 atom stereocenters. The molecule has 1 unspecified atom stereocenters. The van der Waals surface area contributed by atoms with E-state index in [-0.39, 0.29) is 0 Å². The Labute approximate surface area is 131 Å². The van der Waals surface area contributed by atoms with Crippen LogP contribution in [0.3, 0.4) is 0 Å². The Hall–Kier alpha value is -0.830. The Balaban J connectivity index is 4.24. The molecule has 0 aliphatic rings. The van der Waals surface area contributed by atoms with E-state index in [0.29, 0.717) is 11.6 Å². The third-order valence-electron chi connectivity index (χ3n) is 4.09. The van der Waals surface area contributed by atoms with Gasteiger partial charge in [0, 0.05) is 11.6 Å². The van der Waals surface area contributed by atoms with Crippen LogP contribution in [0.5, 0.6) is 0 Å². The summed E-state index contributed by atoms with van der Waals surface area (Å²) in [6.07, 6.45) is 12.8. The third kappa shape index (κ3) is 10.5. The number of nitrogens with zero attached hydrogens (tertiary/aromatic N) is 1. The number of carboxylic acid groups (broad SMARTS) is 1. The summed E-state index contributed by atoms with van der Waals surface area (Å²) in [4.78, 5) is 13.5. The Bertz CT molecular complexity index is 298. The summed E-state index contributed by atoms with van der Waals surface area (Å²) in [6.45, 7) is 4.39. The van der Waals surface area contributed by atoms with E-state index in [9.17, 15) is 9.90 Å². The SMILES string of the molecule is CCCCCC/C(=C\CCC(CCCC)N(C)C)C(=O)O. The van der Waals surface area contributed by atoms with Gasteiger partial charge in [-0.15, -0.1) is 0 Å². The monoisotopic (exact) mass is 297 g/mol. The first-order chi connectivity index (χ1) is 10.0. The molecule has 1 N–H and O–H groups in total. The molecule has 3 nitrogen and oxygen atoms in total. The predicted octanol–water partition coefficient (Wildman–Crippen LogP) is 4.87. The summed E-state index contributed by atoms with van der Waals surface area (Å²) in [5, 5.41) is 9.27. The van der Waals surface area contributed by atoms with E-state index in [1.165, 1.54) is 32.1 Å². The van der Waals surface area contributed by atoms with Crippen molar-refractivity contribution in [3.8, 4) is 0 Å². The number of carbonyl (C=O) groups is 1. The topological polar surface area (TPSA) is 40.5 Å². The number of aliphatic carboxylic acids is 1. The lowest BCUT2D eigenvalue weighted by atomic mass is 10.0. The van der Waals surface area contributed by atoms with Gasteiger partial charge in [0.15, 0.2) is 0 Å². The molecule has 3 heteroatoms. The van der Waals surface area contributed by atoms with E-state index < -0.39 is 5.97 Å². The zero-order valence-corrected chi connectivity index (χ0v) is 14.5. The van der Waals surface area contributed by atoms with Crippen LogP contribution in [0.2, 0.25) is 0 Å². The minimum Gasteiger partial charge on any atom is -0.478 e. The maximum atomic E-state index is 11.3. The summed E-state index contributed by atoms with van der Waals surface area (Å²) in [7, 11) is 4.24. The molecule has 0 heterocycles. The molecule has 0 rings (SSSR count). The van der Waals surface area contributed by atoms with E-state index in [1.807, 2.05) is 6.08 Å².